The van der Waals surface area contributed by atoms with Crippen molar-refractivity contribution in [3.63, 3.8) is 0 Å². The number of benzene rings is 11. The van der Waals surface area contributed by atoms with Crippen molar-refractivity contribution >= 4 is 51.2 Å². The molecule has 0 aromatic heterocycles. The van der Waals surface area contributed by atoms with Crippen molar-refractivity contribution in [2.45, 2.75) is 0 Å². The van der Waals surface area contributed by atoms with Crippen LogP contribution < -0.4 is 14.7 Å². The Hall–Kier alpha value is -9.18. The highest BCUT2D eigenvalue weighted by Crippen LogP contribution is 2.40. The molecule has 0 unspecified atom stereocenters. The Morgan fingerprint density at radius 2 is 0.304 bits per heavy atom. The number of hydrogen-bond donors (Lipinski definition) is 0. The summed E-state index contributed by atoms with van der Waals surface area (Å²) in [5, 5.41) is 0. The first-order chi connectivity index (χ1) is 34.2. The fraction of sp³-hybridized carbons (Fsp3) is 0. The molecule has 0 bridgehead atoms. The van der Waals surface area contributed by atoms with Gasteiger partial charge in [-0.3, -0.25) is 0 Å². The Balaban J connectivity index is 0.808. The molecule has 0 heterocycles. The molecule has 0 N–H and O–H groups in total. The van der Waals surface area contributed by atoms with Gasteiger partial charge in [0.25, 0.3) is 0 Å². The van der Waals surface area contributed by atoms with Crippen LogP contribution >= 0.6 is 0 Å². The summed E-state index contributed by atoms with van der Waals surface area (Å²) in [6, 6.07) is 106. The Morgan fingerprint density at radius 3 is 0.522 bits per heavy atom. The molecule has 0 saturated carbocycles. The molecule has 0 aliphatic heterocycles. The van der Waals surface area contributed by atoms with Gasteiger partial charge in [-0.2, -0.15) is 0 Å². The van der Waals surface area contributed by atoms with E-state index in [0.29, 0.717) is 0 Å². The summed E-state index contributed by atoms with van der Waals surface area (Å²) in [6.45, 7) is 0. The molecule has 0 aliphatic carbocycles. The third kappa shape index (κ3) is 9.31. The second-order valence-corrected chi connectivity index (χ2v) is 17.0. The van der Waals surface area contributed by atoms with Crippen molar-refractivity contribution in [1.82, 2.24) is 0 Å². The lowest BCUT2D eigenvalue weighted by Crippen LogP contribution is -2.09. The molecule has 11 aromatic rings. The minimum Gasteiger partial charge on any atom is -0.311 e. The Bertz CT molecular complexity index is 3280. The van der Waals surface area contributed by atoms with E-state index in [1.54, 1.807) is 0 Å². The molecule has 11 rings (SSSR count). The zero-order valence-electron chi connectivity index (χ0n) is 38.1. The lowest BCUT2D eigenvalue weighted by atomic mass is 9.98. The molecule has 0 atom stereocenters. The van der Waals surface area contributed by atoms with Crippen molar-refractivity contribution in [3.8, 4) is 44.5 Å². The largest absolute Gasteiger partial charge is 0.311 e. The van der Waals surface area contributed by atoms with Crippen LogP contribution in [-0.4, -0.2) is 0 Å². The maximum Gasteiger partial charge on any atom is 0.0462 e. The van der Waals surface area contributed by atoms with E-state index in [2.05, 4.69) is 312 Å². The Kier molecular flexibility index (Phi) is 12.1. The van der Waals surface area contributed by atoms with Crippen LogP contribution in [0.5, 0.6) is 0 Å². The summed E-state index contributed by atoms with van der Waals surface area (Å²) in [4.78, 5) is 6.91. The zero-order chi connectivity index (χ0) is 46.2. The number of rotatable bonds is 13. The first kappa shape index (κ1) is 42.5. The van der Waals surface area contributed by atoms with E-state index in [9.17, 15) is 0 Å². The van der Waals surface area contributed by atoms with E-state index in [-0.39, 0.29) is 0 Å². The molecule has 328 valence electrons. The molecule has 0 fully saturated rings. The molecule has 69 heavy (non-hydrogen) atoms. The lowest BCUT2D eigenvalue weighted by molar-refractivity contribution is 1.28. The molecule has 3 nitrogen and oxygen atoms in total. The summed E-state index contributed by atoms with van der Waals surface area (Å²) >= 11 is 0. The first-order valence-electron chi connectivity index (χ1n) is 23.5. The molecule has 0 spiro atoms. The van der Waals surface area contributed by atoms with Crippen molar-refractivity contribution in [2.75, 3.05) is 14.7 Å². The lowest BCUT2D eigenvalue weighted by Gasteiger charge is -2.26. The quantitative estimate of drug-likeness (QED) is 0.114. The minimum atomic E-state index is 1.09. The molecular weight excluding hydrogens is 835 g/mol. The standard InChI is InChI=1S/C66H49N3/c1-6-19-58(20-7-1)67(59-21-8-2-9-22-59)63-41-33-52(34-42-63)50-29-31-51(32-30-50)53-35-43-65(44-36-53)69(62-27-14-5-15-28-62)66-47-39-55(40-48-66)57-18-16-17-56(49-57)54-37-45-64(46-38-54)68(60-23-10-3-11-24-60)61-25-12-4-13-26-61/h1-49H. The molecule has 0 radical (unpaired) electrons. The monoisotopic (exact) mass is 883 g/mol. The van der Waals surface area contributed by atoms with Crippen LogP contribution in [0.4, 0.5) is 51.2 Å². The highest BCUT2D eigenvalue weighted by molar-refractivity contribution is 5.83. The third-order valence-electron chi connectivity index (χ3n) is 12.7. The van der Waals surface area contributed by atoms with Crippen LogP contribution in [0.3, 0.4) is 0 Å². The second kappa shape index (κ2) is 19.7. The fourth-order valence-electron chi connectivity index (χ4n) is 9.17. The Labute approximate surface area is 405 Å². The van der Waals surface area contributed by atoms with Gasteiger partial charge in [-0.1, -0.05) is 182 Å². The van der Waals surface area contributed by atoms with Crippen LogP contribution in [-0.2, 0) is 0 Å². The van der Waals surface area contributed by atoms with Crippen LogP contribution in [0.1, 0.15) is 0 Å². The van der Waals surface area contributed by atoms with Gasteiger partial charge in [0.15, 0.2) is 0 Å². The molecule has 0 aliphatic rings. The van der Waals surface area contributed by atoms with E-state index in [1.807, 2.05) is 0 Å². The number of anilines is 9. The van der Waals surface area contributed by atoms with Crippen LogP contribution in [0.15, 0.2) is 297 Å². The van der Waals surface area contributed by atoms with Gasteiger partial charge in [-0.15, -0.1) is 0 Å². The van der Waals surface area contributed by atoms with E-state index in [0.717, 1.165) is 51.2 Å². The van der Waals surface area contributed by atoms with Crippen LogP contribution in [0, 0.1) is 0 Å². The number of para-hydroxylation sites is 5. The number of nitrogens with zero attached hydrogens (tertiary/aromatic N) is 3. The fourth-order valence-corrected chi connectivity index (χ4v) is 9.17. The first-order valence-corrected chi connectivity index (χ1v) is 23.5. The summed E-state index contributed by atoms with van der Waals surface area (Å²) < 4.78 is 0. The highest BCUT2D eigenvalue weighted by atomic mass is 15.2. The average molecular weight is 884 g/mol. The molecule has 11 aromatic carbocycles. The van der Waals surface area contributed by atoms with Gasteiger partial charge in [0.05, 0.1) is 0 Å². The van der Waals surface area contributed by atoms with Gasteiger partial charge in [0.2, 0.25) is 0 Å². The Morgan fingerprint density at radius 1 is 0.130 bits per heavy atom. The van der Waals surface area contributed by atoms with Crippen LogP contribution in [0.2, 0.25) is 0 Å². The highest BCUT2D eigenvalue weighted by Gasteiger charge is 2.16. The number of hydrogen-bond acceptors (Lipinski definition) is 3. The topological polar surface area (TPSA) is 9.72 Å². The summed E-state index contributed by atoms with van der Waals surface area (Å²) in [7, 11) is 0. The second-order valence-electron chi connectivity index (χ2n) is 17.0. The molecule has 3 heteroatoms. The van der Waals surface area contributed by atoms with E-state index in [1.165, 1.54) is 44.5 Å². The minimum absolute atomic E-state index is 1.09. The van der Waals surface area contributed by atoms with Crippen LogP contribution in [0.25, 0.3) is 44.5 Å². The molecular formula is C66H49N3. The predicted molar refractivity (Wildman–Crippen MR) is 292 cm³/mol. The van der Waals surface area contributed by atoms with Gasteiger partial charge in [-0.25, -0.2) is 0 Å². The van der Waals surface area contributed by atoms with E-state index < -0.39 is 0 Å². The van der Waals surface area contributed by atoms with Crippen molar-refractivity contribution in [2.24, 2.45) is 0 Å². The van der Waals surface area contributed by atoms with E-state index >= 15 is 0 Å². The maximum atomic E-state index is 2.32. The maximum absolute atomic E-state index is 2.32. The zero-order valence-corrected chi connectivity index (χ0v) is 38.1. The average Bonchev–Trinajstić information content (AvgIpc) is 3.43. The summed E-state index contributed by atoms with van der Waals surface area (Å²) in [6.07, 6.45) is 0. The van der Waals surface area contributed by atoms with Gasteiger partial charge in [0, 0.05) is 51.2 Å². The van der Waals surface area contributed by atoms with Gasteiger partial charge >= 0.3 is 0 Å². The van der Waals surface area contributed by atoms with Gasteiger partial charge in [-0.05, 0) is 160 Å². The third-order valence-corrected chi connectivity index (χ3v) is 12.7. The van der Waals surface area contributed by atoms with Gasteiger partial charge < -0.3 is 14.7 Å². The summed E-state index contributed by atoms with van der Waals surface area (Å²) in [5.74, 6) is 0. The SMILES string of the molecule is c1ccc(N(c2ccccc2)c2ccc(-c3ccc(-c4ccc(N(c5ccccc5)c5ccc(-c6cccc(-c7ccc(N(c8ccccc8)c8ccccc8)cc7)c6)cc5)cc4)cc3)cc2)cc1. The van der Waals surface area contributed by atoms with E-state index in [4.69, 9.17) is 0 Å². The molecule has 0 saturated heterocycles. The van der Waals surface area contributed by atoms with Crippen molar-refractivity contribution in [3.05, 3.63) is 297 Å². The normalized spacial score (nSPS) is 10.9. The van der Waals surface area contributed by atoms with Gasteiger partial charge in [0.1, 0.15) is 0 Å². The van der Waals surface area contributed by atoms with Crippen molar-refractivity contribution in [1.29, 1.82) is 0 Å². The molecule has 0 amide bonds. The van der Waals surface area contributed by atoms with Crippen molar-refractivity contribution < 1.29 is 0 Å². The smallest absolute Gasteiger partial charge is 0.0462 e. The predicted octanol–water partition coefficient (Wildman–Crippen LogP) is 18.8. The summed E-state index contributed by atoms with van der Waals surface area (Å²) in [5.41, 5.74) is 19.4.